The summed E-state index contributed by atoms with van der Waals surface area (Å²) in [6.45, 7) is 6.16. The summed E-state index contributed by atoms with van der Waals surface area (Å²) >= 11 is 5.76. The van der Waals surface area contributed by atoms with Crippen molar-refractivity contribution in [2.45, 2.75) is 58.5 Å². The zero-order valence-electron chi connectivity index (χ0n) is 15.9. The number of nitrogens with one attached hydrogen (secondary N) is 2. The van der Waals surface area contributed by atoms with E-state index in [4.69, 9.17) is 11.6 Å². The third-order valence-electron chi connectivity index (χ3n) is 5.24. The van der Waals surface area contributed by atoms with Crippen LogP contribution in [-0.4, -0.2) is 23.0 Å². The molecule has 2 N–H and O–H groups in total. The molecule has 27 heavy (non-hydrogen) atoms. The van der Waals surface area contributed by atoms with E-state index in [1.54, 1.807) is 0 Å². The lowest BCUT2D eigenvalue weighted by atomic mass is 9.90. The predicted octanol–water partition coefficient (Wildman–Crippen LogP) is 4.95. The summed E-state index contributed by atoms with van der Waals surface area (Å²) in [5, 5.41) is 6.55. The van der Waals surface area contributed by atoms with Gasteiger partial charge in [-0.15, -0.1) is 0 Å². The van der Waals surface area contributed by atoms with Crippen molar-refractivity contribution in [3.8, 4) is 0 Å². The molecule has 1 aliphatic carbocycles. The Kier molecular flexibility index (Phi) is 6.00. The van der Waals surface area contributed by atoms with Crippen molar-refractivity contribution < 1.29 is 9.18 Å². The number of anilines is 1. The number of aryl methyl sites for hydroxylation is 3. The minimum Gasteiger partial charge on any atom is -0.367 e. The topological polar surface area (TPSA) is 54.0 Å². The van der Waals surface area contributed by atoms with Crippen LogP contribution in [0.2, 0.25) is 5.02 Å². The zero-order chi connectivity index (χ0) is 19.6. The number of pyridine rings is 1. The number of aromatic nitrogens is 1. The average Bonchev–Trinajstić information content (AvgIpc) is 2.63. The Morgan fingerprint density at radius 3 is 2.41 bits per heavy atom. The summed E-state index contributed by atoms with van der Waals surface area (Å²) in [5.74, 6) is 0.224. The fourth-order valence-electron chi connectivity index (χ4n) is 3.47. The highest BCUT2D eigenvalue weighted by molar-refractivity contribution is 6.31. The fraction of sp³-hybridized carbons (Fsp3) is 0.429. The molecule has 1 aliphatic rings. The van der Waals surface area contributed by atoms with Crippen molar-refractivity contribution in [2.24, 2.45) is 0 Å². The average molecular weight is 390 g/mol. The first-order valence-corrected chi connectivity index (χ1v) is 9.68. The number of carbonyl (C=O) groups excluding carboxylic acids is 1. The maximum absolute atomic E-state index is 13.2. The van der Waals surface area contributed by atoms with Crippen LogP contribution in [0.1, 0.15) is 52.9 Å². The Balaban J connectivity index is 1.53. The summed E-state index contributed by atoms with van der Waals surface area (Å²) in [6, 6.07) is 6.67. The van der Waals surface area contributed by atoms with Gasteiger partial charge in [0.1, 0.15) is 11.6 Å². The third-order valence-corrected chi connectivity index (χ3v) is 5.53. The molecule has 6 heteroatoms. The van der Waals surface area contributed by atoms with E-state index in [1.807, 2.05) is 6.92 Å². The van der Waals surface area contributed by atoms with Crippen molar-refractivity contribution >= 4 is 23.3 Å². The number of nitrogens with zero attached hydrogens (tertiary/aromatic N) is 1. The molecule has 0 unspecified atom stereocenters. The van der Waals surface area contributed by atoms with Crippen LogP contribution in [0.4, 0.5) is 10.2 Å². The summed E-state index contributed by atoms with van der Waals surface area (Å²) < 4.78 is 13.2. The van der Waals surface area contributed by atoms with Gasteiger partial charge in [-0.05, 0) is 75.8 Å². The Hall–Kier alpha value is -2.14. The van der Waals surface area contributed by atoms with Gasteiger partial charge in [-0.2, -0.15) is 0 Å². The molecule has 4 nitrogen and oxygen atoms in total. The summed E-state index contributed by atoms with van der Waals surface area (Å²) in [7, 11) is 0. The van der Waals surface area contributed by atoms with E-state index in [2.05, 4.69) is 35.5 Å². The molecule has 0 atom stereocenters. The van der Waals surface area contributed by atoms with Crippen molar-refractivity contribution in [1.29, 1.82) is 0 Å². The summed E-state index contributed by atoms with van der Waals surface area (Å²) in [6.07, 6.45) is 3.71. The smallest absolute Gasteiger partial charge is 0.251 e. The second-order valence-corrected chi connectivity index (χ2v) is 7.76. The number of hydrogen-bond acceptors (Lipinski definition) is 3. The molecule has 1 heterocycles. The van der Waals surface area contributed by atoms with Gasteiger partial charge in [0, 0.05) is 23.3 Å². The van der Waals surface area contributed by atoms with Crippen molar-refractivity contribution in [3.63, 3.8) is 0 Å². The minimum atomic E-state index is -0.518. The highest BCUT2D eigenvalue weighted by atomic mass is 35.5. The van der Waals surface area contributed by atoms with Crippen LogP contribution in [0.3, 0.4) is 0 Å². The molecule has 144 valence electrons. The molecule has 1 aromatic heterocycles. The lowest BCUT2D eigenvalue weighted by Gasteiger charge is -2.30. The number of hydrogen-bond donors (Lipinski definition) is 2. The van der Waals surface area contributed by atoms with Crippen molar-refractivity contribution in [2.75, 3.05) is 5.32 Å². The number of rotatable bonds is 4. The van der Waals surface area contributed by atoms with Gasteiger partial charge in [-0.3, -0.25) is 4.79 Å². The molecule has 2 aromatic rings. The zero-order valence-corrected chi connectivity index (χ0v) is 16.7. The van der Waals surface area contributed by atoms with Gasteiger partial charge < -0.3 is 10.6 Å². The van der Waals surface area contributed by atoms with Gasteiger partial charge in [0.25, 0.3) is 5.91 Å². The van der Waals surface area contributed by atoms with Crippen molar-refractivity contribution in [3.05, 3.63) is 57.5 Å². The maximum atomic E-state index is 13.2. The van der Waals surface area contributed by atoms with Gasteiger partial charge >= 0.3 is 0 Å². The number of carbonyl (C=O) groups is 1. The van der Waals surface area contributed by atoms with E-state index in [1.165, 1.54) is 23.8 Å². The molecule has 1 fully saturated rings. The molecule has 0 radical (unpaired) electrons. The Morgan fingerprint density at radius 2 is 1.74 bits per heavy atom. The highest BCUT2D eigenvalue weighted by Crippen LogP contribution is 2.24. The highest BCUT2D eigenvalue weighted by Gasteiger charge is 2.23. The molecule has 0 saturated heterocycles. The first-order chi connectivity index (χ1) is 12.8. The molecular weight excluding hydrogens is 365 g/mol. The van der Waals surface area contributed by atoms with Gasteiger partial charge in [0.2, 0.25) is 0 Å². The first-order valence-electron chi connectivity index (χ1n) is 9.31. The SMILES string of the molecule is Cc1cc(C)c(NC2CCC(NC(=O)c3ccc(F)c(Cl)c3)CC2)nc1C. The van der Waals surface area contributed by atoms with Crippen LogP contribution in [0.25, 0.3) is 0 Å². The molecule has 0 spiro atoms. The Bertz CT molecular complexity index is 848. The lowest BCUT2D eigenvalue weighted by Crippen LogP contribution is -2.40. The fourth-order valence-corrected chi connectivity index (χ4v) is 3.65. The molecule has 1 amide bonds. The van der Waals surface area contributed by atoms with Crippen LogP contribution in [-0.2, 0) is 0 Å². The molecular formula is C21H25ClFN3O. The summed E-state index contributed by atoms with van der Waals surface area (Å²) in [4.78, 5) is 17.0. The second-order valence-electron chi connectivity index (χ2n) is 7.35. The molecule has 1 saturated carbocycles. The first kappa shape index (κ1) is 19.6. The largest absolute Gasteiger partial charge is 0.367 e. The maximum Gasteiger partial charge on any atom is 0.251 e. The van der Waals surface area contributed by atoms with Crippen LogP contribution < -0.4 is 10.6 Å². The van der Waals surface area contributed by atoms with Crippen LogP contribution in [0, 0.1) is 26.6 Å². The van der Waals surface area contributed by atoms with Gasteiger partial charge in [-0.25, -0.2) is 9.37 Å². The number of benzene rings is 1. The van der Waals surface area contributed by atoms with Gasteiger partial charge in [0.05, 0.1) is 5.02 Å². The number of amides is 1. The van der Waals surface area contributed by atoms with E-state index in [0.717, 1.165) is 42.8 Å². The van der Waals surface area contributed by atoms with Crippen LogP contribution in [0.5, 0.6) is 0 Å². The quantitative estimate of drug-likeness (QED) is 0.777. The summed E-state index contributed by atoms with van der Waals surface area (Å²) in [5.41, 5.74) is 3.78. The van der Waals surface area contributed by atoms with E-state index in [9.17, 15) is 9.18 Å². The van der Waals surface area contributed by atoms with E-state index in [0.29, 0.717) is 11.6 Å². The third kappa shape index (κ3) is 4.78. The van der Waals surface area contributed by atoms with Crippen LogP contribution in [0.15, 0.2) is 24.3 Å². The molecule has 3 rings (SSSR count). The van der Waals surface area contributed by atoms with E-state index >= 15 is 0 Å². The molecule has 1 aromatic carbocycles. The molecule has 0 bridgehead atoms. The normalized spacial score (nSPS) is 19.6. The Labute approximate surface area is 164 Å². The van der Waals surface area contributed by atoms with E-state index in [-0.39, 0.29) is 17.0 Å². The minimum absolute atomic E-state index is 0.0354. The predicted molar refractivity (Wildman–Crippen MR) is 107 cm³/mol. The van der Waals surface area contributed by atoms with Gasteiger partial charge in [0.15, 0.2) is 0 Å². The van der Waals surface area contributed by atoms with E-state index < -0.39 is 5.82 Å². The number of halogens is 2. The van der Waals surface area contributed by atoms with Gasteiger partial charge in [-0.1, -0.05) is 17.7 Å². The monoisotopic (exact) mass is 389 g/mol. The Morgan fingerprint density at radius 1 is 1.07 bits per heavy atom. The lowest BCUT2D eigenvalue weighted by molar-refractivity contribution is 0.0926. The standard InChI is InChI=1S/C21H25ClFN3O/c1-12-10-13(2)20(24-14(12)3)25-16-5-7-17(8-6-16)26-21(27)15-4-9-19(23)18(22)11-15/h4,9-11,16-17H,5-8H2,1-3H3,(H,24,25)(H,26,27). The van der Waals surface area contributed by atoms with Crippen LogP contribution >= 0.6 is 11.6 Å². The second kappa shape index (κ2) is 8.26. The molecule has 0 aliphatic heterocycles. The van der Waals surface area contributed by atoms with Crippen molar-refractivity contribution in [1.82, 2.24) is 10.3 Å².